The minimum Gasteiger partial charge on any atom is -0.497 e. The fourth-order valence-corrected chi connectivity index (χ4v) is 13.8. The number of amides is 4. The largest absolute Gasteiger partial charge is 0.586 e. The number of aliphatic imine (C=N–C) groups is 3. The van der Waals surface area contributed by atoms with E-state index in [9.17, 15) is 54.3 Å². The summed E-state index contributed by atoms with van der Waals surface area (Å²) < 4.78 is 159. The number of nitrogens with zero attached hydrogens (tertiary/aromatic N) is 10. The Morgan fingerprint density at radius 1 is 0.484 bits per heavy atom. The van der Waals surface area contributed by atoms with Gasteiger partial charge in [-0.3, -0.25) is 24.5 Å². The Morgan fingerprint density at radius 2 is 0.927 bits per heavy atom. The number of carbonyl (C=O) groups is 4. The molecular weight excluding hydrogens is 1640 g/mol. The van der Waals surface area contributed by atoms with Gasteiger partial charge in [-0.25, -0.2) is 24.6 Å². The molecule has 1 atom stereocenters. The number of aromatic amines is 1. The minimum absolute atomic E-state index is 0.0425. The molecule has 124 heavy (non-hydrogen) atoms. The summed E-state index contributed by atoms with van der Waals surface area (Å²) in [5.41, 5.74) is 9.79. The molecule has 0 spiro atoms. The first kappa shape index (κ1) is 81.1. The molecular formula is C86H67F8N15O15. The van der Waals surface area contributed by atoms with Gasteiger partial charge in [0.2, 0.25) is 35.3 Å². The predicted octanol–water partition coefficient (Wildman–Crippen LogP) is 17.2. The molecule has 0 bridgehead atoms. The van der Waals surface area contributed by atoms with E-state index in [1.165, 1.54) is 48.5 Å². The van der Waals surface area contributed by atoms with Gasteiger partial charge in [-0.2, -0.15) is 15.1 Å². The van der Waals surface area contributed by atoms with Gasteiger partial charge in [0.1, 0.15) is 23.3 Å². The molecule has 632 valence electrons. The van der Waals surface area contributed by atoms with E-state index in [1.807, 2.05) is 97.0 Å². The van der Waals surface area contributed by atoms with Crippen LogP contribution >= 0.6 is 0 Å². The number of ether oxygens (including phenoxy) is 9. The number of rotatable bonds is 11. The molecule has 11 heterocycles. The number of anilines is 1. The average Bonchev–Trinajstić information content (AvgIpc) is 1.63. The second-order valence-corrected chi connectivity index (χ2v) is 30.4. The van der Waals surface area contributed by atoms with E-state index in [1.54, 1.807) is 85.4 Å². The Balaban J connectivity index is 0.000000117. The Morgan fingerprint density at radius 3 is 1.39 bits per heavy atom. The number of fused-ring (bicyclic) bond motifs is 9. The number of hydrogen-bond donors (Lipinski definition) is 5. The number of alkyl halides is 8. The maximum absolute atomic E-state index is 13.2. The first-order valence-electron chi connectivity index (χ1n) is 38.1. The van der Waals surface area contributed by atoms with E-state index >= 15 is 0 Å². The number of carbonyl (C=O) groups excluding carboxylic acids is 4. The maximum Gasteiger partial charge on any atom is 0.586 e. The quantitative estimate of drug-likeness (QED) is 0.0751. The molecule has 0 radical (unpaired) electrons. The van der Waals surface area contributed by atoms with Crippen LogP contribution in [0.4, 0.5) is 58.1 Å². The number of amidine groups is 3. The van der Waals surface area contributed by atoms with Crippen LogP contribution < -0.4 is 63.9 Å². The lowest BCUT2D eigenvalue weighted by Crippen LogP contribution is -2.30. The molecule has 20 rings (SSSR count). The molecule has 7 aliphatic rings. The first-order chi connectivity index (χ1) is 58.9. The van der Waals surface area contributed by atoms with Gasteiger partial charge in [0.25, 0.3) is 17.7 Å². The smallest absolute Gasteiger partial charge is 0.497 e. The highest BCUT2D eigenvalue weighted by molar-refractivity contribution is 6.11. The van der Waals surface area contributed by atoms with Gasteiger partial charge in [-0.15, -0.1) is 35.1 Å². The monoisotopic (exact) mass is 1700 g/mol. The van der Waals surface area contributed by atoms with Crippen molar-refractivity contribution in [3.8, 4) is 80.2 Å². The van der Waals surface area contributed by atoms with Crippen molar-refractivity contribution in [2.75, 3.05) is 12.4 Å². The van der Waals surface area contributed by atoms with E-state index in [4.69, 9.17) is 13.8 Å². The Kier molecular flexibility index (Phi) is 20.3. The van der Waals surface area contributed by atoms with Gasteiger partial charge in [0, 0.05) is 94.4 Å². The highest BCUT2D eigenvalue weighted by atomic mass is 19.3. The molecule has 0 aliphatic carbocycles. The van der Waals surface area contributed by atoms with Gasteiger partial charge in [-0.05, 0) is 133 Å². The lowest BCUT2D eigenvalue weighted by atomic mass is 9.97. The Labute approximate surface area is 695 Å². The molecule has 30 nitrogen and oxygen atoms in total. The van der Waals surface area contributed by atoms with E-state index in [2.05, 4.69) is 109 Å². The number of halogens is 8. The average molecular weight is 1700 g/mol. The van der Waals surface area contributed by atoms with Crippen LogP contribution in [-0.4, -0.2) is 113 Å². The fraction of sp³-hybridized carbons (Fsp3) is 0.221. The van der Waals surface area contributed by atoms with Crippen molar-refractivity contribution in [1.82, 2.24) is 56.0 Å². The number of nitrogens with one attached hydrogen (secondary N) is 5. The van der Waals surface area contributed by atoms with Crippen LogP contribution in [0.3, 0.4) is 0 Å². The minimum atomic E-state index is -3.70. The zero-order valence-corrected chi connectivity index (χ0v) is 66.5. The molecule has 38 heteroatoms. The normalized spacial score (nSPS) is 15.6. The number of H-pyrrole nitrogens is 1. The van der Waals surface area contributed by atoms with Crippen molar-refractivity contribution in [3.05, 3.63) is 226 Å². The standard InChI is InChI=1S/C22H18F2N4O4.C22H17F2N3O4.C21H16F2N4O4.C21H16F2N4O3/c1-21(2,3)20-27-18(28-32-20)11-5-4-6-12(7-11)19(29)26-17-9-13-8-15-16(10-14(13)25-17)31-22(23,24)30-15;1-11(12-3-4-14-8-15(29-2)6-5-13(14)7-12)20(28)27-21-25-16-9-18-19(10-17(16)26-21)31-22(23,24)30-18;1-10(2)20-26-18(27-31-20)11-4-3-5-12(6-11)19(28)25-17-8-13-7-15-16(9-14(13)24-17)30-21(22,23)29-15;1-11-6-12(2)27(26-11)15-5-3-4-13(7-15)20(28)25-19-9-14-8-17-18(10-16(14)24-19)30-21(22,23)29-17/h4-8,10H,9H2,1-3H3,(H,25,26,29);3-11H,1-2H3,(H2,25,26,27,28);3-7,9-10H,8H2,1-2H3,(H,24,25,28);3-8,10H,9H2,1-2H3,(H,24,25,28)/t;11-;;/m.0../s1. The third-order valence-corrected chi connectivity index (χ3v) is 19.8. The summed E-state index contributed by atoms with van der Waals surface area (Å²) in [5.74, 6) is 1.67. The van der Waals surface area contributed by atoms with Crippen LogP contribution in [0.1, 0.15) is 130 Å². The van der Waals surface area contributed by atoms with E-state index in [0.717, 1.165) is 39.2 Å². The van der Waals surface area contributed by atoms with Crippen molar-refractivity contribution in [3.63, 3.8) is 0 Å². The zero-order chi connectivity index (χ0) is 87.2. The van der Waals surface area contributed by atoms with Crippen molar-refractivity contribution >= 4 is 86.0 Å². The van der Waals surface area contributed by atoms with Crippen LogP contribution in [0.2, 0.25) is 0 Å². The summed E-state index contributed by atoms with van der Waals surface area (Å²) in [7, 11) is 1.61. The lowest BCUT2D eigenvalue weighted by molar-refractivity contribution is -0.287. The van der Waals surface area contributed by atoms with Gasteiger partial charge in [0.05, 0.1) is 52.5 Å². The maximum atomic E-state index is 13.2. The van der Waals surface area contributed by atoms with Crippen molar-refractivity contribution in [2.24, 2.45) is 15.0 Å². The van der Waals surface area contributed by atoms with E-state index < -0.39 is 31.1 Å². The molecule has 0 unspecified atom stereocenters. The van der Waals surface area contributed by atoms with Crippen molar-refractivity contribution in [1.29, 1.82) is 0 Å². The lowest BCUT2D eigenvalue weighted by Gasteiger charge is -2.12. The van der Waals surface area contributed by atoms with Gasteiger partial charge >= 0.3 is 25.2 Å². The summed E-state index contributed by atoms with van der Waals surface area (Å²) in [5, 5.41) is 25.4. The van der Waals surface area contributed by atoms with Gasteiger partial charge in [-0.1, -0.05) is 99.5 Å². The molecule has 7 aliphatic heterocycles. The molecule has 0 saturated heterocycles. The topological polar surface area (TPSA) is 361 Å². The number of aromatic nitrogens is 8. The molecule has 4 aromatic heterocycles. The van der Waals surface area contributed by atoms with Crippen molar-refractivity contribution < 1.29 is 106 Å². The third kappa shape index (κ3) is 17.3. The Bertz CT molecular complexity index is 6610. The van der Waals surface area contributed by atoms with Crippen LogP contribution in [0.25, 0.3) is 50.3 Å². The van der Waals surface area contributed by atoms with Gasteiger partial charge in [0.15, 0.2) is 46.0 Å². The fourth-order valence-electron chi connectivity index (χ4n) is 13.8. The van der Waals surface area contributed by atoms with Crippen molar-refractivity contribution in [2.45, 2.75) is 117 Å². The highest BCUT2D eigenvalue weighted by Crippen LogP contribution is 2.50. The number of aryl methyl sites for hydroxylation is 2. The molecule has 0 fully saturated rings. The molecule has 13 aromatic rings. The summed E-state index contributed by atoms with van der Waals surface area (Å²) in [6.45, 7) is 15.4. The van der Waals surface area contributed by atoms with Crippen LogP contribution in [0.15, 0.2) is 188 Å². The van der Waals surface area contributed by atoms with Crippen LogP contribution in [-0.2, 0) is 29.5 Å². The summed E-state index contributed by atoms with van der Waals surface area (Å²) >= 11 is 0. The summed E-state index contributed by atoms with van der Waals surface area (Å²) in [6.07, 6.45) is -13.9. The highest BCUT2D eigenvalue weighted by Gasteiger charge is 2.48. The predicted molar refractivity (Wildman–Crippen MR) is 428 cm³/mol. The summed E-state index contributed by atoms with van der Waals surface area (Å²) in [4.78, 5) is 79.9. The number of methoxy groups -OCH3 is 1. The molecule has 5 N–H and O–H groups in total. The zero-order valence-electron chi connectivity index (χ0n) is 66.5. The number of hydrogen-bond acceptors (Lipinski definition) is 24. The molecule has 4 amide bonds. The second kappa shape index (κ2) is 31.1. The van der Waals surface area contributed by atoms with Crippen LogP contribution in [0.5, 0.6) is 51.7 Å². The SMILES string of the molecule is CC(C)(C)c1nc(-c2cccc(C(=O)NC3=Nc4cc5c(cc4C3)OC(F)(F)O5)c2)no1.CC(C)c1nc(-c2cccc(C(=O)NC3=Nc4cc5c(cc4C3)OC(F)(F)O5)c2)no1.COc1ccc2cc([C@H](C)C(=O)Nc3nc4cc5c(cc4[nH]3)OC(F)(F)O5)ccc2c1.Cc1cc(C)n(-c2cccc(C(=O)NC3=Nc4cc5c(cc4C3)OC(F)(F)O5)c2)n1. The Hall–Kier alpha value is -15.3. The molecule has 9 aromatic carbocycles. The number of benzene rings is 9. The first-order valence-corrected chi connectivity index (χ1v) is 38.1. The third-order valence-electron chi connectivity index (χ3n) is 19.8. The summed E-state index contributed by atoms with van der Waals surface area (Å²) in [6, 6.07) is 45.4. The number of imidazole rings is 1. The van der Waals surface area contributed by atoms with E-state index in [-0.39, 0.29) is 99.7 Å². The van der Waals surface area contributed by atoms with Gasteiger partial charge < -0.3 is 72.6 Å². The second-order valence-electron chi connectivity index (χ2n) is 30.4. The van der Waals surface area contributed by atoms with E-state index in [0.29, 0.717) is 120 Å². The van der Waals surface area contributed by atoms with Crippen LogP contribution in [0, 0.1) is 13.8 Å². The molecule has 0 saturated carbocycles.